The highest BCUT2D eigenvalue weighted by atomic mass is 32.1. The van der Waals surface area contributed by atoms with Gasteiger partial charge in [-0.1, -0.05) is 0 Å². The molecule has 52 heavy (non-hydrogen) atoms. The highest BCUT2D eigenvalue weighted by Gasteiger charge is 2.42. The number of nitrogens with zero attached hydrogens (tertiary/aromatic N) is 5. The number of nitrogens with one attached hydrogen (secondary N) is 1. The van der Waals surface area contributed by atoms with Crippen LogP contribution in [0.1, 0.15) is 60.1 Å². The summed E-state index contributed by atoms with van der Waals surface area (Å²) in [6.07, 6.45) is -7.85. The van der Waals surface area contributed by atoms with E-state index in [1.54, 1.807) is 26.0 Å². The number of piperidine rings is 2. The summed E-state index contributed by atoms with van der Waals surface area (Å²) in [5.41, 5.74) is 1.12. The van der Waals surface area contributed by atoms with Crippen molar-refractivity contribution in [2.24, 2.45) is 5.92 Å². The summed E-state index contributed by atoms with van der Waals surface area (Å²) in [6, 6.07) is 2.89. The zero-order valence-corrected chi connectivity index (χ0v) is 29.9. The number of carbonyl (C=O) groups excluding carboxylic acids is 3. The van der Waals surface area contributed by atoms with E-state index in [1.807, 2.05) is 11.4 Å². The number of halogens is 6. The van der Waals surface area contributed by atoms with E-state index >= 15 is 0 Å². The minimum absolute atomic E-state index is 0.126. The number of likely N-dealkylation sites (N-methyl/N-ethyl adjacent to an activating group) is 1. The molecule has 0 aliphatic carbocycles. The average Bonchev–Trinajstić information content (AvgIpc) is 3.44. The molecule has 0 bridgehead atoms. The van der Waals surface area contributed by atoms with Gasteiger partial charge in [0.05, 0.1) is 35.0 Å². The molecule has 5 heterocycles. The molecule has 4 amide bonds. The number of fused-ring (bicyclic) bond motifs is 1. The van der Waals surface area contributed by atoms with E-state index in [0.717, 1.165) is 43.2 Å². The van der Waals surface area contributed by atoms with Gasteiger partial charge in [0.15, 0.2) is 0 Å². The zero-order chi connectivity index (χ0) is 37.4. The topological polar surface area (TPSA) is 105 Å². The van der Waals surface area contributed by atoms with Crippen molar-refractivity contribution in [1.82, 2.24) is 24.5 Å². The fraction of sp³-hybridized carbons (Fsp3) is 0.629. The number of benzene rings is 1. The number of carbonyl (C=O) groups is 3. The summed E-state index contributed by atoms with van der Waals surface area (Å²) in [5, 5.41) is 4.80. The maximum absolute atomic E-state index is 14.1. The number of thiophene rings is 1. The van der Waals surface area contributed by atoms with Crippen LogP contribution < -0.4 is 11.1 Å². The van der Waals surface area contributed by atoms with Crippen LogP contribution in [0.15, 0.2) is 23.6 Å². The molecule has 3 N–H and O–H groups in total. The van der Waals surface area contributed by atoms with E-state index in [2.05, 4.69) is 22.2 Å². The normalized spacial score (nSPS) is 21.1. The third-order valence-corrected chi connectivity index (χ3v) is 11.9. The van der Waals surface area contributed by atoms with E-state index in [1.165, 1.54) is 0 Å². The molecule has 4 aliphatic rings. The lowest BCUT2D eigenvalue weighted by atomic mass is 9.90. The molecule has 17 heteroatoms. The monoisotopic (exact) mass is 757 g/mol. The second-order valence-electron chi connectivity index (χ2n) is 14.4. The smallest absolute Gasteiger partial charge is 0.398 e. The van der Waals surface area contributed by atoms with Crippen molar-refractivity contribution in [2.75, 3.05) is 70.5 Å². The Balaban J connectivity index is 1.17. The van der Waals surface area contributed by atoms with Crippen molar-refractivity contribution in [1.29, 1.82) is 0 Å². The zero-order valence-electron chi connectivity index (χ0n) is 29.1. The number of rotatable bonds is 7. The first kappa shape index (κ1) is 38.2. The first-order valence-corrected chi connectivity index (χ1v) is 18.7. The summed E-state index contributed by atoms with van der Waals surface area (Å²) < 4.78 is 83.4. The molecule has 1 aromatic heterocycles. The molecule has 4 aliphatic heterocycles. The number of alkyl halides is 6. The summed E-state index contributed by atoms with van der Waals surface area (Å²) in [5.74, 6) is -2.07. The Bertz CT molecular complexity index is 1580. The molecule has 0 radical (unpaired) electrons. The number of amides is 4. The molecule has 1 atom stereocenters. The number of likely N-dealkylation sites (tertiary alicyclic amines) is 2. The van der Waals surface area contributed by atoms with E-state index < -0.39 is 53.3 Å². The predicted molar refractivity (Wildman–Crippen MR) is 184 cm³/mol. The Morgan fingerprint density at radius 1 is 0.885 bits per heavy atom. The summed E-state index contributed by atoms with van der Waals surface area (Å²) in [4.78, 5) is 51.3. The Morgan fingerprint density at radius 3 is 2.13 bits per heavy atom. The van der Waals surface area contributed by atoms with Crippen molar-refractivity contribution in [3.63, 3.8) is 0 Å². The maximum Gasteiger partial charge on any atom is 0.418 e. The molecule has 2 aromatic rings. The molecule has 6 rings (SSSR count). The largest absolute Gasteiger partial charge is 0.418 e. The fourth-order valence-corrected chi connectivity index (χ4v) is 8.85. The van der Waals surface area contributed by atoms with Crippen LogP contribution in [-0.2, 0) is 34.9 Å². The van der Waals surface area contributed by atoms with Crippen molar-refractivity contribution in [3.05, 3.63) is 45.1 Å². The van der Waals surface area contributed by atoms with Crippen LogP contribution in [0.25, 0.3) is 0 Å². The lowest BCUT2D eigenvalue weighted by Crippen LogP contribution is -2.51. The van der Waals surface area contributed by atoms with Gasteiger partial charge in [0.1, 0.15) is 0 Å². The van der Waals surface area contributed by atoms with Crippen LogP contribution in [0.4, 0.5) is 42.5 Å². The van der Waals surface area contributed by atoms with Crippen LogP contribution in [0.3, 0.4) is 0 Å². The van der Waals surface area contributed by atoms with Gasteiger partial charge in [0.25, 0.3) is 0 Å². The van der Waals surface area contributed by atoms with Crippen molar-refractivity contribution < 1.29 is 40.7 Å². The molecule has 10 nitrogen and oxygen atoms in total. The minimum atomic E-state index is -5.17. The molecule has 1 aromatic carbocycles. The minimum Gasteiger partial charge on any atom is -0.398 e. The summed E-state index contributed by atoms with van der Waals surface area (Å²) in [7, 11) is 2.08. The fourth-order valence-electron chi connectivity index (χ4n) is 8.02. The van der Waals surface area contributed by atoms with Gasteiger partial charge >= 0.3 is 18.4 Å². The van der Waals surface area contributed by atoms with E-state index in [9.17, 15) is 40.7 Å². The van der Waals surface area contributed by atoms with Crippen LogP contribution in [0.5, 0.6) is 0 Å². The van der Waals surface area contributed by atoms with Gasteiger partial charge in [-0.05, 0) is 87.8 Å². The Labute approximate surface area is 302 Å². The quantitative estimate of drug-likeness (QED) is 0.282. The third kappa shape index (κ3) is 8.62. The Hall–Kier alpha value is -3.57. The summed E-state index contributed by atoms with van der Waals surface area (Å²) >= 11 is 1.54. The Morgan fingerprint density at radius 2 is 1.50 bits per heavy atom. The van der Waals surface area contributed by atoms with Gasteiger partial charge in [-0.25, -0.2) is 4.79 Å². The van der Waals surface area contributed by atoms with Gasteiger partial charge in [0.2, 0.25) is 11.8 Å². The Kier molecular flexibility index (Phi) is 11.3. The second kappa shape index (κ2) is 15.4. The second-order valence-corrected chi connectivity index (χ2v) is 15.4. The predicted octanol–water partition coefficient (Wildman–Crippen LogP) is 5.58. The first-order chi connectivity index (χ1) is 24.6. The van der Waals surface area contributed by atoms with Crippen LogP contribution in [0, 0.1) is 5.92 Å². The molecule has 3 saturated heterocycles. The van der Waals surface area contributed by atoms with Crippen molar-refractivity contribution >= 4 is 40.6 Å². The summed E-state index contributed by atoms with van der Waals surface area (Å²) in [6.45, 7) is 5.57. The number of urea groups is 1. The molecule has 0 saturated carbocycles. The van der Waals surface area contributed by atoms with Crippen LogP contribution >= 0.6 is 11.3 Å². The van der Waals surface area contributed by atoms with Gasteiger partial charge in [-0.15, -0.1) is 11.3 Å². The maximum atomic E-state index is 14.1. The highest BCUT2D eigenvalue weighted by molar-refractivity contribution is 7.10. The molecular formula is C35H45F6N7O3S. The highest BCUT2D eigenvalue weighted by Crippen LogP contribution is 2.42. The van der Waals surface area contributed by atoms with Crippen molar-refractivity contribution in [2.45, 2.75) is 75.9 Å². The lowest BCUT2D eigenvalue weighted by Gasteiger charge is -2.41. The average molecular weight is 758 g/mol. The van der Waals surface area contributed by atoms with E-state index in [4.69, 9.17) is 5.73 Å². The molecule has 0 spiro atoms. The number of nitrogens with two attached hydrogens (primary N) is 1. The molecule has 286 valence electrons. The number of nitrogen functional groups attached to an aromatic ring is 1. The van der Waals surface area contributed by atoms with Gasteiger partial charge in [0, 0.05) is 62.7 Å². The van der Waals surface area contributed by atoms with E-state index in [-0.39, 0.29) is 30.1 Å². The van der Waals surface area contributed by atoms with Gasteiger partial charge in [-0.3, -0.25) is 14.5 Å². The van der Waals surface area contributed by atoms with Crippen LogP contribution in [-0.4, -0.2) is 114 Å². The van der Waals surface area contributed by atoms with E-state index in [0.29, 0.717) is 70.5 Å². The number of hydrogen-bond acceptors (Lipinski definition) is 7. The lowest BCUT2D eigenvalue weighted by molar-refractivity contribution is -0.143. The van der Waals surface area contributed by atoms with Crippen molar-refractivity contribution in [3.8, 4) is 0 Å². The number of anilines is 2. The molecular weight excluding hydrogens is 712 g/mol. The SMILES string of the molecule is CN1CCCN(C2CCN(C(=O)[C@H](CC(=O)N3CCC(N4Cc5sccc5NC4=O)CC3)Cc3cc(C(F)(F)F)c(N)c(C(F)(F)F)c3)CC2)CC1. The molecule has 0 unspecified atom stereocenters. The standard InChI is InChI=1S/C35H45F6N7O3S/c1-44-8-2-9-45(15-14-44)24-3-12-47(13-4-24)32(50)23(17-22-18-26(34(36,37)38)31(42)27(19-22)35(39,40)41)20-30(49)46-10-5-25(6-11-46)48-21-29-28(7-16-52-29)43-33(48)51/h7,16,18-19,23-25H,2-6,8-15,17,20-21,42H2,1H3,(H,43,51)/t23-/m0/s1. The first-order valence-electron chi connectivity index (χ1n) is 17.8. The van der Waals surface area contributed by atoms with Gasteiger partial charge < -0.3 is 30.7 Å². The number of hydrogen-bond donors (Lipinski definition) is 2. The van der Waals surface area contributed by atoms with Crippen LogP contribution in [0.2, 0.25) is 0 Å². The van der Waals surface area contributed by atoms with Gasteiger partial charge in [-0.2, -0.15) is 26.3 Å². The third-order valence-electron chi connectivity index (χ3n) is 11.0. The molecule has 3 fully saturated rings.